The van der Waals surface area contributed by atoms with Crippen LogP contribution in [0, 0.1) is 0 Å². The molecular formula is C19H15ClN4OS. The fraction of sp³-hybridized carbons (Fsp3) is 0.105. The highest BCUT2D eigenvalue weighted by Crippen LogP contribution is 2.35. The zero-order valence-corrected chi connectivity index (χ0v) is 15.3. The van der Waals surface area contributed by atoms with Crippen LogP contribution in [0.3, 0.4) is 0 Å². The number of nitrogens with one attached hydrogen (secondary N) is 1. The first kappa shape index (κ1) is 16.8. The van der Waals surface area contributed by atoms with Gasteiger partial charge in [-0.05, 0) is 24.3 Å². The van der Waals surface area contributed by atoms with Crippen molar-refractivity contribution in [2.45, 2.75) is 6.42 Å². The minimum Gasteiger partial charge on any atom is -0.352 e. The molecule has 130 valence electrons. The van der Waals surface area contributed by atoms with Crippen molar-refractivity contribution in [2.24, 2.45) is 0 Å². The molecule has 0 unspecified atom stereocenters. The van der Waals surface area contributed by atoms with Crippen molar-refractivity contribution in [3.63, 3.8) is 0 Å². The number of carbonyl (C=O) groups is 1. The first-order chi connectivity index (χ1) is 12.7. The lowest BCUT2D eigenvalue weighted by Gasteiger charge is -2.01. The van der Waals surface area contributed by atoms with Gasteiger partial charge in [-0.3, -0.25) is 9.20 Å². The van der Waals surface area contributed by atoms with Gasteiger partial charge in [0.1, 0.15) is 5.82 Å². The number of hydrogen-bond acceptors (Lipinski definition) is 4. The minimum atomic E-state index is -0.160. The zero-order valence-electron chi connectivity index (χ0n) is 13.7. The van der Waals surface area contributed by atoms with Gasteiger partial charge in [0, 0.05) is 40.2 Å². The number of aromatic nitrogens is 3. The van der Waals surface area contributed by atoms with Crippen molar-refractivity contribution < 1.29 is 4.79 Å². The molecule has 0 bridgehead atoms. The predicted molar refractivity (Wildman–Crippen MR) is 106 cm³/mol. The molecule has 4 rings (SSSR count). The highest BCUT2D eigenvalue weighted by Gasteiger charge is 2.08. The Morgan fingerprint density at radius 2 is 2.04 bits per heavy atom. The molecule has 0 fully saturated rings. The molecule has 7 heteroatoms. The van der Waals surface area contributed by atoms with Gasteiger partial charge in [-0.15, -0.1) is 21.5 Å². The number of amides is 1. The Balaban J connectivity index is 1.37. The topological polar surface area (TPSA) is 59.3 Å². The molecule has 5 nitrogen and oxygen atoms in total. The fourth-order valence-electron chi connectivity index (χ4n) is 2.71. The van der Waals surface area contributed by atoms with Crippen molar-refractivity contribution in [2.75, 3.05) is 6.54 Å². The van der Waals surface area contributed by atoms with Gasteiger partial charge in [0.15, 0.2) is 5.65 Å². The van der Waals surface area contributed by atoms with Gasteiger partial charge in [0.25, 0.3) is 0 Å². The quantitative estimate of drug-likeness (QED) is 0.531. The summed E-state index contributed by atoms with van der Waals surface area (Å²) in [5, 5.41) is 12.8. The molecule has 0 spiro atoms. The number of halogens is 1. The summed E-state index contributed by atoms with van der Waals surface area (Å²) < 4.78 is 3.02. The normalized spacial score (nSPS) is 11.6. The maximum absolute atomic E-state index is 12.1. The number of nitrogens with zero attached hydrogens (tertiary/aromatic N) is 3. The van der Waals surface area contributed by atoms with E-state index in [1.165, 1.54) is 6.08 Å². The van der Waals surface area contributed by atoms with E-state index in [1.54, 1.807) is 17.4 Å². The van der Waals surface area contributed by atoms with Crippen molar-refractivity contribution in [1.29, 1.82) is 0 Å². The highest BCUT2D eigenvalue weighted by molar-refractivity contribution is 7.20. The van der Waals surface area contributed by atoms with Crippen LogP contribution in [0.5, 0.6) is 0 Å². The van der Waals surface area contributed by atoms with E-state index in [1.807, 2.05) is 53.1 Å². The molecule has 3 aromatic heterocycles. The largest absolute Gasteiger partial charge is 0.352 e. The van der Waals surface area contributed by atoms with Crippen molar-refractivity contribution >= 4 is 50.7 Å². The van der Waals surface area contributed by atoms with E-state index in [0.717, 1.165) is 26.4 Å². The summed E-state index contributed by atoms with van der Waals surface area (Å²) in [6.45, 7) is 0.485. The van der Waals surface area contributed by atoms with Crippen LogP contribution in [0.25, 0.3) is 21.8 Å². The van der Waals surface area contributed by atoms with Crippen LogP contribution in [0.4, 0.5) is 0 Å². The van der Waals surface area contributed by atoms with Gasteiger partial charge in [0.05, 0.1) is 5.02 Å². The van der Waals surface area contributed by atoms with E-state index < -0.39 is 0 Å². The first-order valence-corrected chi connectivity index (χ1v) is 9.33. The maximum Gasteiger partial charge on any atom is 0.244 e. The summed E-state index contributed by atoms with van der Waals surface area (Å²) >= 11 is 7.95. The SMILES string of the molecule is O=C(/C=C/c1sc2ccccc2c1Cl)NCCc1nnc2ccccn12. The van der Waals surface area contributed by atoms with Crippen LogP contribution < -0.4 is 5.32 Å². The summed E-state index contributed by atoms with van der Waals surface area (Å²) in [6, 6.07) is 13.7. The molecule has 1 N–H and O–H groups in total. The molecule has 0 atom stereocenters. The zero-order chi connectivity index (χ0) is 17.9. The van der Waals surface area contributed by atoms with E-state index in [0.29, 0.717) is 18.0 Å². The third kappa shape index (κ3) is 3.34. The Morgan fingerprint density at radius 3 is 2.92 bits per heavy atom. The Kier molecular flexibility index (Phi) is 4.69. The molecule has 0 aliphatic rings. The van der Waals surface area contributed by atoms with Crippen LogP contribution in [0.1, 0.15) is 10.7 Å². The fourth-order valence-corrected chi connectivity index (χ4v) is 4.11. The monoisotopic (exact) mass is 382 g/mol. The van der Waals surface area contributed by atoms with Gasteiger partial charge in [-0.25, -0.2) is 0 Å². The summed E-state index contributed by atoms with van der Waals surface area (Å²) in [5.74, 6) is 0.657. The molecular weight excluding hydrogens is 368 g/mol. The average Bonchev–Trinajstić information content (AvgIpc) is 3.22. The first-order valence-electron chi connectivity index (χ1n) is 8.14. The Morgan fingerprint density at radius 1 is 1.19 bits per heavy atom. The molecule has 1 amide bonds. The number of carbonyl (C=O) groups excluding carboxylic acids is 1. The van der Waals surface area contributed by atoms with Crippen LogP contribution in [0.2, 0.25) is 5.02 Å². The Hall–Kier alpha value is -2.70. The van der Waals surface area contributed by atoms with Crippen molar-refractivity contribution in [1.82, 2.24) is 19.9 Å². The summed E-state index contributed by atoms with van der Waals surface area (Å²) in [6.07, 6.45) is 5.79. The van der Waals surface area contributed by atoms with Crippen LogP contribution >= 0.6 is 22.9 Å². The molecule has 0 saturated carbocycles. The lowest BCUT2D eigenvalue weighted by atomic mass is 10.2. The Bertz CT molecular complexity index is 1120. The van der Waals surface area contributed by atoms with Crippen molar-refractivity contribution in [3.8, 4) is 0 Å². The van der Waals surface area contributed by atoms with Crippen molar-refractivity contribution in [3.05, 3.63) is 70.5 Å². The van der Waals surface area contributed by atoms with Crippen LogP contribution in [0.15, 0.2) is 54.7 Å². The molecule has 0 aliphatic carbocycles. The summed E-state index contributed by atoms with van der Waals surface area (Å²) in [5.41, 5.74) is 0.799. The lowest BCUT2D eigenvalue weighted by Crippen LogP contribution is -2.24. The molecule has 0 aliphatic heterocycles. The molecule has 0 saturated heterocycles. The second-order valence-electron chi connectivity index (χ2n) is 5.70. The van der Waals surface area contributed by atoms with Crippen LogP contribution in [-0.2, 0) is 11.2 Å². The molecule has 0 radical (unpaired) electrons. The molecule has 3 heterocycles. The number of benzene rings is 1. The van der Waals surface area contributed by atoms with Gasteiger partial charge in [-0.2, -0.15) is 0 Å². The van der Waals surface area contributed by atoms with Gasteiger partial charge < -0.3 is 5.32 Å². The average molecular weight is 383 g/mol. The molecule has 1 aromatic carbocycles. The second kappa shape index (κ2) is 7.27. The second-order valence-corrected chi connectivity index (χ2v) is 7.16. The number of fused-ring (bicyclic) bond motifs is 2. The highest BCUT2D eigenvalue weighted by atomic mass is 35.5. The summed E-state index contributed by atoms with van der Waals surface area (Å²) in [4.78, 5) is 12.9. The van der Waals surface area contributed by atoms with Gasteiger partial charge >= 0.3 is 0 Å². The maximum atomic E-state index is 12.1. The minimum absolute atomic E-state index is 0.160. The van der Waals surface area contributed by atoms with E-state index in [2.05, 4.69) is 15.5 Å². The predicted octanol–water partition coefficient (Wildman–Crippen LogP) is 3.97. The van der Waals surface area contributed by atoms with E-state index in [4.69, 9.17) is 11.6 Å². The van der Waals surface area contributed by atoms with E-state index >= 15 is 0 Å². The number of hydrogen-bond donors (Lipinski definition) is 1. The smallest absolute Gasteiger partial charge is 0.244 e. The summed E-state index contributed by atoms with van der Waals surface area (Å²) in [7, 11) is 0. The number of rotatable bonds is 5. The van der Waals surface area contributed by atoms with E-state index in [-0.39, 0.29) is 5.91 Å². The third-order valence-corrected chi connectivity index (χ3v) is 5.63. The third-order valence-electron chi connectivity index (χ3n) is 3.98. The standard InChI is InChI=1S/C19H15ClN4OS/c20-19-13-5-1-2-6-14(13)26-15(19)8-9-18(25)21-11-10-17-23-22-16-7-3-4-12-24(16)17/h1-9,12H,10-11H2,(H,21,25)/b9-8+. The lowest BCUT2D eigenvalue weighted by molar-refractivity contribution is -0.116. The Labute approximate surface area is 158 Å². The van der Waals surface area contributed by atoms with Gasteiger partial charge in [-0.1, -0.05) is 35.9 Å². The molecule has 4 aromatic rings. The number of pyridine rings is 1. The van der Waals surface area contributed by atoms with E-state index in [9.17, 15) is 4.79 Å². The van der Waals surface area contributed by atoms with Gasteiger partial charge in [0.2, 0.25) is 5.91 Å². The number of thiophene rings is 1. The van der Waals surface area contributed by atoms with Crippen LogP contribution in [-0.4, -0.2) is 27.0 Å². The molecule has 26 heavy (non-hydrogen) atoms.